The van der Waals surface area contributed by atoms with Gasteiger partial charge in [0.25, 0.3) is 0 Å². The van der Waals surface area contributed by atoms with Crippen molar-refractivity contribution >= 4 is 46.8 Å². The molecule has 0 fully saturated rings. The lowest BCUT2D eigenvalue weighted by atomic mass is 10.1. The fourth-order valence-electron chi connectivity index (χ4n) is 2.88. The largest absolute Gasteiger partial charge is 0.458 e. The minimum atomic E-state index is -0.464. The summed E-state index contributed by atoms with van der Waals surface area (Å²) in [5.74, 6) is -0.464. The van der Waals surface area contributed by atoms with Crippen LogP contribution in [0.4, 0.5) is 0 Å². The van der Waals surface area contributed by atoms with Gasteiger partial charge in [0.1, 0.15) is 6.61 Å². The van der Waals surface area contributed by atoms with Crippen molar-refractivity contribution in [3.05, 3.63) is 91.7 Å². The highest BCUT2D eigenvalue weighted by molar-refractivity contribution is 6.35. The molecule has 3 aromatic rings. The Morgan fingerprint density at radius 2 is 1.83 bits per heavy atom. The Hall–Kier alpha value is -2.27. The smallest absolute Gasteiger partial charge is 0.331 e. The van der Waals surface area contributed by atoms with Crippen LogP contribution in [0.3, 0.4) is 0 Å². The Morgan fingerprint density at radius 3 is 2.55 bits per heavy atom. The number of carbonyl (C=O) groups excluding carboxylic acids is 1. The number of aryl methyl sites for hydroxylation is 1. The van der Waals surface area contributed by atoms with Gasteiger partial charge in [-0.15, -0.1) is 0 Å². The Morgan fingerprint density at radius 1 is 1.07 bits per heavy atom. The summed E-state index contributed by atoms with van der Waals surface area (Å²) < 4.78 is 7.14. The molecule has 2 aromatic carbocycles. The zero-order valence-corrected chi connectivity index (χ0v) is 18.2. The first-order valence-corrected chi connectivity index (χ1v) is 10.0. The van der Waals surface area contributed by atoms with Crippen molar-refractivity contribution in [3.8, 4) is 0 Å². The van der Waals surface area contributed by atoms with Crippen LogP contribution < -0.4 is 0 Å². The van der Waals surface area contributed by atoms with E-state index < -0.39 is 5.97 Å². The summed E-state index contributed by atoms with van der Waals surface area (Å²) in [6.45, 7) is 4.48. The summed E-state index contributed by atoms with van der Waals surface area (Å²) in [6, 6.07) is 12.7. The molecule has 0 aliphatic carbocycles. The fraction of sp³-hybridized carbons (Fsp3) is 0.182. The summed E-state index contributed by atoms with van der Waals surface area (Å²) in [5, 5.41) is 6.25. The number of esters is 1. The van der Waals surface area contributed by atoms with E-state index in [2.05, 4.69) is 5.10 Å². The van der Waals surface area contributed by atoms with Crippen molar-refractivity contribution in [3.63, 3.8) is 0 Å². The highest BCUT2D eigenvalue weighted by Gasteiger charge is 2.11. The molecule has 29 heavy (non-hydrogen) atoms. The van der Waals surface area contributed by atoms with Gasteiger partial charge in [-0.1, -0.05) is 59.1 Å². The van der Waals surface area contributed by atoms with Gasteiger partial charge in [-0.2, -0.15) is 5.10 Å². The van der Waals surface area contributed by atoms with E-state index in [0.29, 0.717) is 27.2 Å². The molecule has 0 aliphatic rings. The average molecular weight is 450 g/mol. The first-order valence-electron chi connectivity index (χ1n) is 8.91. The highest BCUT2D eigenvalue weighted by Crippen LogP contribution is 2.22. The van der Waals surface area contributed by atoms with Crippen molar-refractivity contribution < 1.29 is 9.53 Å². The number of aromatic nitrogens is 2. The molecule has 0 aliphatic heterocycles. The minimum Gasteiger partial charge on any atom is -0.458 e. The second kappa shape index (κ2) is 9.49. The minimum absolute atomic E-state index is 0.0723. The summed E-state index contributed by atoms with van der Waals surface area (Å²) in [7, 11) is 0. The molecular formula is C22H19Cl3N2O2. The molecule has 0 amide bonds. The molecule has 0 N–H and O–H groups in total. The normalized spacial score (nSPS) is 11.2. The molecule has 0 bridgehead atoms. The first-order chi connectivity index (χ1) is 13.8. The second-order valence-electron chi connectivity index (χ2n) is 6.51. The van der Waals surface area contributed by atoms with Gasteiger partial charge in [0.2, 0.25) is 0 Å². The van der Waals surface area contributed by atoms with Crippen LogP contribution >= 0.6 is 34.8 Å². The van der Waals surface area contributed by atoms with Gasteiger partial charge in [0.15, 0.2) is 0 Å². The molecule has 1 heterocycles. The Balaban J connectivity index is 1.67. The monoisotopic (exact) mass is 448 g/mol. The van der Waals surface area contributed by atoms with Gasteiger partial charge in [-0.3, -0.25) is 4.68 Å². The van der Waals surface area contributed by atoms with E-state index in [1.165, 1.54) is 6.08 Å². The number of hydrogen-bond donors (Lipinski definition) is 0. The van der Waals surface area contributed by atoms with E-state index in [4.69, 9.17) is 39.5 Å². The molecule has 0 saturated carbocycles. The van der Waals surface area contributed by atoms with Gasteiger partial charge in [-0.25, -0.2) is 4.79 Å². The lowest BCUT2D eigenvalue weighted by Gasteiger charge is -2.07. The van der Waals surface area contributed by atoms with Gasteiger partial charge < -0.3 is 4.74 Å². The lowest BCUT2D eigenvalue weighted by molar-refractivity contribution is -0.138. The molecule has 7 heteroatoms. The Kier molecular flexibility index (Phi) is 7.01. The van der Waals surface area contributed by atoms with Crippen LogP contribution in [0.2, 0.25) is 15.1 Å². The maximum Gasteiger partial charge on any atom is 0.331 e. The van der Waals surface area contributed by atoms with Gasteiger partial charge in [0.05, 0.1) is 12.2 Å². The molecule has 0 unspecified atom stereocenters. The number of nitrogens with zero attached hydrogens (tertiary/aromatic N) is 2. The fourth-order valence-corrected chi connectivity index (χ4v) is 3.54. The van der Waals surface area contributed by atoms with Crippen LogP contribution in [0.5, 0.6) is 0 Å². The number of hydrogen-bond acceptors (Lipinski definition) is 3. The maximum absolute atomic E-state index is 12.1. The Bertz CT molecular complexity index is 1070. The third kappa shape index (κ3) is 5.41. The first kappa shape index (κ1) is 21.4. The Labute approximate surface area is 184 Å². The van der Waals surface area contributed by atoms with Crippen molar-refractivity contribution in [2.75, 3.05) is 0 Å². The van der Waals surface area contributed by atoms with E-state index in [9.17, 15) is 4.79 Å². The number of benzene rings is 2. The van der Waals surface area contributed by atoms with E-state index in [1.807, 2.05) is 42.8 Å². The van der Waals surface area contributed by atoms with Crippen molar-refractivity contribution in [1.82, 2.24) is 9.78 Å². The predicted molar refractivity (Wildman–Crippen MR) is 118 cm³/mol. The topological polar surface area (TPSA) is 44.1 Å². The van der Waals surface area contributed by atoms with Crippen molar-refractivity contribution in [2.24, 2.45) is 0 Å². The summed E-state index contributed by atoms with van der Waals surface area (Å²) in [4.78, 5) is 12.1. The quantitative estimate of drug-likeness (QED) is 0.329. The molecule has 0 saturated heterocycles. The van der Waals surface area contributed by atoms with Crippen LogP contribution in [-0.2, 0) is 22.7 Å². The van der Waals surface area contributed by atoms with Crippen LogP contribution in [0.15, 0.2) is 48.5 Å². The molecule has 0 atom stereocenters. The molecule has 0 spiro atoms. The number of carbonyl (C=O) groups is 1. The van der Waals surface area contributed by atoms with Crippen LogP contribution in [-0.4, -0.2) is 15.7 Å². The van der Waals surface area contributed by atoms with E-state index in [0.717, 1.165) is 22.5 Å². The SMILES string of the molecule is Cc1nn(Cc2ccccc2Cl)c(C)c1C=CC(=O)OCc1ccc(Cl)cc1Cl. The highest BCUT2D eigenvalue weighted by atomic mass is 35.5. The maximum atomic E-state index is 12.1. The molecule has 3 rings (SSSR count). The molecule has 150 valence electrons. The predicted octanol–water partition coefficient (Wildman–Crippen LogP) is 6.27. The standard InChI is InChI=1S/C22H19Cl3N2O2/c1-14-19(15(2)27(26-14)12-16-5-3-4-6-20(16)24)9-10-22(28)29-13-17-7-8-18(23)11-21(17)25/h3-11H,12-13H2,1-2H3. The summed E-state index contributed by atoms with van der Waals surface area (Å²) in [6.07, 6.45) is 3.10. The molecule has 4 nitrogen and oxygen atoms in total. The molecule has 1 aromatic heterocycles. The summed E-state index contributed by atoms with van der Waals surface area (Å²) in [5.41, 5.74) is 4.30. The van der Waals surface area contributed by atoms with Gasteiger partial charge in [0, 0.05) is 38.0 Å². The van der Waals surface area contributed by atoms with Gasteiger partial charge in [-0.05, 0) is 43.7 Å². The van der Waals surface area contributed by atoms with E-state index in [1.54, 1.807) is 24.3 Å². The zero-order valence-electron chi connectivity index (χ0n) is 16.0. The third-order valence-electron chi connectivity index (χ3n) is 4.49. The van der Waals surface area contributed by atoms with E-state index >= 15 is 0 Å². The number of rotatable bonds is 6. The average Bonchev–Trinajstić information content (AvgIpc) is 2.94. The number of ether oxygens (including phenoxy) is 1. The zero-order chi connectivity index (χ0) is 21.0. The van der Waals surface area contributed by atoms with Crippen LogP contribution in [0, 0.1) is 13.8 Å². The third-order valence-corrected chi connectivity index (χ3v) is 5.44. The van der Waals surface area contributed by atoms with Gasteiger partial charge >= 0.3 is 5.97 Å². The van der Waals surface area contributed by atoms with E-state index in [-0.39, 0.29) is 6.61 Å². The van der Waals surface area contributed by atoms with Crippen molar-refractivity contribution in [1.29, 1.82) is 0 Å². The number of halogens is 3. The molecule has 0 radical (unpaired) electrons. The molecular weight excluding hydrogens is 431 g/mol. The second-order valence-corrected chi connectivity index (χ2v) is 7.76. The van der Waals surface area contributed by atoms with Crippen LogP contribution in [0.25, 0.3) is 6.08 Å². The summed E-state index contributed by atoms with van der Waals surface area (Å²) >= 11 is 18.2. The lowest BCUT2D eigenvalue weighted by Crippen LogP contribution is -2.04. The van der Waals surface area contributed by atoms with Crippen LogP contribution in [0.1, 0.15) is 28.1 Å². The van der Waals surface area contributed by atoms with Crippen molar-refractivity contribution in [2.45, 2.75) is 27.0 Å².